The molecule has 0 aliphatic rings. The van der Waals surface area contributed by atoms with Gasteiger partial charge in [-0.15, -0.1) is 0 Å². The van der Waals surface area contributed by atoms with Crippen molar-refractivity contribution in [2.24, 2.45) is 0 Å². The van der Waals surface area contributed by atoms with Crippen LogP contribution in [0.1, 0.15) is 19.4 Å². The molecule has 0 aromatic heterocycles. The van der Waals surface area contributed by atoms with E-state index in [1.807, 2.05) is 37.3 Å². The topological polar surface area (TPSA) is 35.5 Å². The Hall–Kier alpha value is -1.61. The molecule has 3 nitrogen and oxygen atoms in total. The van der Waals surface area contributed by atoms with Gasteiger partial charge in [-0.1, -0.05) is 30.3 Å². The molecule has 0 saturated heterocycles. The summed E-state index contributed by atoms with van der Waals surface area (Å²) < 4.78 is 10.3. The fourth-order valence-electron chi connectivity index (χ4n) is 1.40. The molecule has 0 fully saturated rings. The van der Waals surface area contributed by atoms with Crippen molar-refractivity contribution in [3.8, 4) is 0 Å². The van der Waals surface area contributed by atoms with Crippen molar-refractivity contribution in [1.29, 1.82) is 0 Å². The third-order valence-electron chi connectivity index (χ3n) is 2.18. The van der Waals surface area contributed by atoms with E-state index in [-0.39, 0.29) is 5.97 Å². The van der Waals surface area contributed by atoms with Crippen molar-refractivity contribution >= 4 is 11.5 Å². The van der Waals surface area contributed by atoms with Crippen LogP contribution in [0, 0.1) is 0 Å². The van der Waals surface area contributed by atoms with Gasteiger partial charge in [-0.05, 0) is 25.0 Å². The molecule has 0 aliphatic heterocycles. The van der Waals surface area contributed by atoms with Crippen LogP contribution in [0.3, 0.4) is 0 Å². The van der Waals surface area contributed by atoms with Crippen LogP contribution in [0.25, 0.3) is 5.57 Å². The second-order valence-electron chi connectivity index (χ2n) is 3.42. The van der Waals surface area contributed by atoms with Gasteiger partial charge >= 0.3 is 5.97 Å². The fourth-order valence-corrected chi connectivity index (χ4v) is 1.40. The molecule has 0 bridgehead atoms. The van der Waals surface area contributed by atoms with Crippen molar-refractivity contribution in [3.63, 3.8) is 0 Å². The van der Waals surface area contributed by atoms with Gasteiger partial charge in [0.2, 0.25) is 0 Å². The molecule has 1 rings (SSSR count). The predicted octanol–water partition coefficient (Wildman–Crippen LogP) is 2.67. The van der Waals surface area contributed by atoms with Crippen LogP contribution in [-0.4, -0.2) is 25.8 Å². The average molecular weight is 234 g/mol. The zero-order valence-corrected chi connectivity index (χ0v) is 10.3. The highest BCUT2D eigenvalue weighted by atomic mass is 16.5. The quantitative estimate of drug-likeness (QED) is 0.560. The van der Waals surface area contributed by atoms with Crippen LogP contribution in [0.5, 0.6) is 0 Å². The molecule has 17 heavy (non-hydrogen) atoms. The molecule has 0 aliphatic carbocycles. The zero-order chi connectivity index (χ0) is 12.5. The van der Waals surface area contributed by atoms with Gasteiger partial charge < -0.3 is 9.47 Å². The molecule has 0 N–H and O–H groups in total. The summed E-state index contributed by atoms with van der Waals surface area (Å²) in [4.78, 5) is 11.4. The summed E-state index contributed by atoms with van der Waals surface area (Å²) in [7, 11) is 0. The van der Waals surface area contributed by atoms with E-state index in [0.717, 1.165) is 11.1 Å². The van der Waals surface area contributed by atoms with Gasteiger partial charge in [-0.25, -0.2) is 4.79 Å². The van der Waals surface area contributed by atoms with Crippen molar-refractivity contribution < 1.29 is 14.3 Å². The van der Waals surface area contributed by atoms with Crippen LogP contribution in [-0.2, 0) is 14.3 Å². The lowest BCUT2D eigenvalue weighted by Crippen LogP contribution is -2.04. The maximum atomic E-state index is 11.4. The maximum absolute atomic E-state index is 11.4. The fraction of sp³-hybridized carbons (Fsp3) is 0.357. The third kappa shape index (κ3) is 4.83. The Morgan fingerprint density at radius 2 is 1.88 bits per heavy atom. The number of esters is 1. The van der Waals surface area contributed by atoms with E-state index in [1.165, 1.54) is 6.08 Å². The molecule has 0 saturated carbocycles. The molecular formula is C14H18O3. The van der Waals surface area contributed by atoms with E-state index in [9.17, 15) is 4.79 Å². The molecule has 92 valence electrons. The molecule has 1 aromatic carbocycles. The molecule has 0 radical (unpaired) electrons. The molecule has 0 unspecified atom stereocenters. The second kappa shape index (κ2) is 7.63. The standard InChI is InChI=1S/C14H18O3/c1-3-16-11-13(10-14(15)17-4-2)12-8-6-5-7-9-12/h5-10H,3-4,11H2,1-2H3/b13-10-. The summed E-state index contributed by atoms with van der Waals surface area (Å²) in [5.74, 6) is -0.328. The first-order valence-corrected chi connectivity index (χ1v) is 5.78. The van der Waals surface area contributed by atoms with Crippen LogP contribution in [0.2, 0.25) is 0 Å². The zero-order valence-electron chi connectivity index (χ0n) is 10.3. The summed E-state index contributed by atoms with van der Waals surface area (Å²) in [5, 5.41) is 0. The lowest BCUT2D eigenvalue weighted by atomic mass is 10.1. The summed E-state index contributed by atoms with van der Waals surface area (Å²) in [6.45, 7) is 5.13. The van der Waals surface area contributed by atoms with Crippen LogP contribution >= 0.6 is 0 Å². The van der Waals surface area contributed by atoms with Gasteiger partial charge in [0.25, 0.3) is 0 Å². The van der Waals surface area contributed by atoms with Crippen LogP contribution in [0.15, 0.2) is 36.4 Å². The number of hydrogen-bond acceptors (Lipinski definition) is 3. The first-order chi connectivity index (χ1) is 8.27. The lowest BCUT2D eigenvalue weighted by molar-refractivity contribution is -0.137. The number of benzene rings is 1. The Morgan fingerprint density at radius 3 is 2.47 bits per heavy atom. The van der Waals surface area contributed by atoms with Crippen LogP contribution in [0.4, 0.5) is 0 Å². The minimum atomic E-state index is -0.328. The van der Waals surface area contributed by atoms with Crippen molar-refractivity contribution in [2.45, 2.75) is 13.8 Å². The van der Waals surface area contributed by atoms with Gasteiger partial charge in [-0.2, -0.15) is 0 Å². The van der Waals surface area contributed by atoms with E-state index in [2.05, 4.69) is 0 Å². The highest BCUT2D eigenvalue weighted by molar-refractivity contribution is 5.91. The Morgan fingerprint density at radius 1 is 1.18 bits per heavy atom. The number of hydrogen-bond donors (Lipinski definition) is 0. The molecule has 0 heterocycles. The predicted molar refractivity (Wildman–Crippen MR) is 67.5 cm³/mol. The highest BCUT2D eigenvalue weighted by Crippen LogP contribution is 2.14. The Balaban J connectivity index is 2.84. The first kappa shape index (κ1) is 13.5. The van der Waals surface area contributed by atoms with Gasteiger partial charge in [0.15, 0.2) is 0 Å². The summed E-state index contributed by atoms with van der Waals surface area (Å²) in [5.41, 5.74) is 1.82. The van der Waals surface area contributed by atoms with Gasteiger partial charge in [0, 0.05) is 12.7 Å². The second-order valence-corrected chi connectivity index (χ2v) is 3.42. The van der Waals surface area contributed by atoms with E-state index >= 15 is 0 Å². The molecule has 1 aromatic rings. The van der Waals surface area contributed by atoms with Crippen molar-refractivity contribution in [1.82, 2.24) is 0 Å². The summed E-state index contributed by atoms with van der Waals surface area (Å²) in [6, 6.07) is 9.70. The van der Waals surface area contributed by atoms with E-state index < -0.39 is 0 Å². The lowest BCUT2D eigenvalue weighted by Gasteiger charge is -2.07. The molecule has 0 spiro atoms. The smallest absolute Gasteiger partial charge is 0.331 e. The molecular weight excluding hydrogens is 216 g/mol. The first-order valence-electron chi connectivity index (χ1n) is 5.78. The third-order valence-corrected chi connectivity index (χ3v) is 2.18. The highest BCUT2D eigenvalue weighted by Gasteiger charge is 2.05. The van der Waals surface area contributed by atoms with Gasteiger partial charge in [0.05, 0.1) is 13.2 Å². The monoisotopic (exact) mass is 234 g/mol. The Kier molecular flexibility index (Phi) is 6.04. The van der Waals surface area contributed by atoms with Crippen molar-refractivity contribution in [3.05, 3.63) is 42.0 Å². The van der Waals surface area contributed by atoms with Crippen LogP contribution < -0.4 is 0 Å². The van der Waals surface area contributed by atoms with Gasteiger partial charge in [-0.3, -0.25) is 0 Å². The molecule has 0 atom stereocenters. The largest absolute Gasteiger partial charge is 0.463 e. The molecule has 3 heteroatoms. The Labute approximate surface area is 102 Å². The maximum Gasteiger partial charge on any atom is 0.331 e. The minimum absolute atomic E-state index is 0.328. The minimum Gasteiger partial charge on any atom is -0.463 e. The number of ether oxygens (including phenoxy) is 2. The van der Waals surface area contributed by atoms with E-state index in [0.29, 0.717) is 19.8 Å². The molecule has 0 amide bonds. The summed E-state index contributed by atoms with van der Waals surface area (Å²) in [6.07, 6.45) is 1.49. The normalized spacial score (nSPS) is 11.3. The summed E-state index contributed by atoms with van der Waals surface area (Å²) >= 11 is 0. The SMILES string of the molecule is CCOC/C(=C/C(=O)OCC)c1ccccc1. The van der Waals surface area contributed by atoms with E-state index in [1.54, 1.807) is 6.92 Å². The van der Waals surface area contributed by atoms with Crippen molar-refractivity contribution in [2.75, 3.05) is 19.8 Å². The number of carbonyl (C=O) groups is 1. The number of carbonyl (C=O) groups excluding carboxylic acids is 1. The Bertz CT molecular complexity index is 368. The van der Waals surface area contributed by atoms with E-state index in [4.69, 9.17) is 9.47 Å². The number of rotatable bonds is 6. The average Bonchev–Trinajstić information content (AvgIpc) is 2.36. The van der Waals surface area contributed by atoms with Gasteiger partial charge in [0.1, 0.15) is 0 Å².